The Bertz CT molecular complexity index is 488. The molecule has 1 aliphatic rings. The first-order chi connectivity index (χ1) is 10.1. The number of aromatic nitrogens is 1. The van der Waals surface area contributed by atoms with Gasteiger partial charge < -0.3 is 15.5 Å². The Labute approximate surface area is 125 Å². The van der Waals surface area contributed by atoms with Crippen molar-refractivity contribution in [3.63, 3.8) is 0 Å². The molecule has 0 spiro atoms. The van der Waals surface area contributed by atoms with E-state index in [1.165, 1.54) is 0 Å². The number of anilines is 1. The number of hydrogen-bond acceptors (Lipinski definition) is 5. The molecule has 1 aliphatic heterocycles. The monoisotopic (exact) mass is 292 g/mol. The van der Waals surface area contributed by atoms with Crippen LogP contribution < -0.4 is 16.6 Å². The number of carbonyl (C=O) groups excluding carboxylic acids is 1. The number of hydrogen-bond donors (Lipinski definition) is 3. The van der Waals surface area contributed by atoms with Crippen molar-refractivity contribution in [1.29, 1.82) is 0 Å². The maximum atomic E-state index is 12.3. The lowest BCUT2D eigenvalue weighted by Gasteiger charge is -2.40. The van der Waals surface area contributed by atoms with E-state index in [-0.39, 0.29) is 17.6 Å². The van der Waals surface area contributed by atoms with Gasteiger partial charge in [-0.25, -0.2) is 0 Å². The number of nitrogens with zero attached hydrogens (tertiary/aromatic N) is 1. The molecule has 2 rings (SSSR count). The van der Waals surface area contributed by atoms with Gasteiger partial charge in [-0.15, -0.1) is 0 Å². The highest BCUT2D eigenvalue weighted by Crippen LogP contribution is 2.31. The van der Waals surface area contributed by atoms with Gasteiger partial charge in [0.25, 0.3) is 5.91 Å². The molecule has 2 heterocycles. The van der Waals surface area contributed by atoms with Crippen molar-refractivity contribution in [3.05, 3.63) is 24.0 Å². The van der Waals surface area contributed by atoms with Crippen molar-refractivity contribution in [2.75, 3.05) is 12.0 Å². The molecule has 0 bridgehead atoms. The van der Waals surface area contributed by atoms with Gasteiger partial charge in [0.05, 0.1) is 11.3 Å². The molecule has 1 atom stereocenters. The van der Waals surface area contributed by atoms with Crippen LogP contribution in [0.2, 0.25) is 0 Å². The Hall–Kier alpha value is -1.66. The topological polar surface area (TPSA) is 89.3 Å². The van der Waals surface area contributed by atoms with Crippen molar-refractivity contribution >= 4 is 11.6 Å². The number of carbonyl (C=O) groups is 1. The molecule has 6 nitrogen and oxygen atoms in total. The van der Waals surface area contributed by atoms with Gasteiger partial charge in [-0.05, 0) is 37.8 Å². The largest absolute Gasteiger partial charge is 0.375 e. The predicted octanol–water partition coefficient (Wildman–Crippen LogP) is 1.83. The molecule has 21 heavy (non-hydrogen) atoms. The molecular weight excluding hydrogens is 268 g/mol. The maximum absolute atomic E-state index is 12.3. The first-order valence-electron chi connectivity index (χ1n) is 7.50. The normalized spacial score (nSPS) is 20.8. The molecule has 0 aromatic carbocycles. The zero-order valence-corrected chi connectivity index (χ0v) is 12.7. The minimum absolute atomic E-state index is 0.107. The van der Waals surface area contributed by atoms with Crippen molar-refractivity contribution in [3.8, 4) is 0 Å². The van der Waals surface area contributed by atoms with Crippen LogP contribution >= 0.6 is 0 Å². The molecule has 0 saturated carbocycles. The molecule has 1 aromatic heterocycles. The number of nitrogen functional groups attached to an aromatic ring is 1. The average molecular weight is 292 g/mol. The van der Waals surface area contributed by atoms with Crippen LogP contribution in [0, 0.1) is 0 Å². The summed E-state index contributed by atoms with van der Waals surface area (Å²) in [5, 5.41) is 3.06. The lowest BCUT2D eigenvalue weighted by molar-refractivity contribution is -0.0917. The highest BCUT2D eigenvalue weighted by atomic mass is 16.5. The number of ether oxygens (including phenoxy) is 1. The van der Waals surface area contributed by atoms with E-state index in [0.717, 1.165) is 25.7 Å². The Balaban J connectivity index is 2.01. The highest BCUT2D eigenvalue weighted by Gasteiger charge is 2.35. The van der Waals surface area contributed by atoms with Crippen molar-refractivity contribution in [2.45, 2.75) is 51.2 Å². The summed E-state index contributed by atoms with van der Waals surface area (Å²) < 4.78 is 5.92. The summed E-state index contributed by atoms with van der Waals surface area (Å²) in [7, 11) is 0. The summed E-state index contributed by atoms with van der Waals surface area (Å²) in [5.41, 5.74) is 3.45. The van der Waals surface area contributed by atoms with E-state index >= 15 is 0 Å². The van der Waals surface area contributed by atoms with Gasteiger partial charge >= 0.3 is 0 Å². The van der Waals surface area contributed by atoms with E-state index in [2.05, 4.69) is 29.6 Å². The third kappa shape index (κ3) is 3.71. The summed E-state index contributed by atoms with van der Waals surface area (Å²) >= 11 is 0. The number of nitrogens with two attached hydrogens (primary N) is 1. The summed E-state index contributed by atoms with van der Waals surface area (Å²) in [6, 6.07) is 3.48. The predicted molar refractivity (Wildman–Crippen MR) is 81.8 cm³/mol. The summed E-state index contributed by atoms with van der Waals surface area (Å²) in [6.07, 6.45) is 5.17. The van der Waals surface area contributed by atoms with Crippen LogP contribution in [0.3, 0.4) is 0 Å². The lowest BCUT2D eigenvalue weighted by atomic mass is 9.86. The molecule has 1 amide bonds. The van der Waals surface area contributed by atoms with Gasteiger partial charge in [0.15, 0.2) is 0 Å². The van der Waals surface area contributed by atoms with Gasteiger partial charge in [0.2, 0.25) is 0 Å². The minimum Gasteiger partial charge on any atom is -0.375 e. The Morgan fingerprint density at radius 3 is 2.95 bits per heavy atom. The zero-order valence-electron chi connectivity index (χ0n) is 12.7. The van der Waals surface area contributed by atoms with E-state index < -0.39 is 0 Å². The van der Waals surface area contributed by atoms with E-state index in [1.807, 2.05) is 0 Å². The summed E-state index contributed by atoms with van der Waals surface area (Å²) in [4.78, 5) is 16.4. The van der Waals surface area contributed by atoms with Crippen LogP contribution in [-0.4, -0.2) is 29.1 Å². The Morgan fingerprint density at radius 1 is 1.52 bits per heavy atom. The molecule has 1 saturated heterocycles. The highest BCUT2D eigenvalue weighted by molar-refractivity contribution is 5.93. The third-order valence-corrected chi connectivity index (χ3v) is 4.28. The average Bonchev–Trinajstić information content (AvgIpc) is 2.55. The number of pyridine rings is 1. The second-order valence-corrected chi connectivity index (χ2v) is 5.48. The fourth-order valence-corrected chi connectivity index (χ4v) is 2.80. The van der Waals surface area contributed by atoms with Crippen LogP contribution in [0.1, 0.15) is 50.0 Å². The van der Waals surface area contributed by atoms with Crippen molar-refractivity contribution in [2.24, 2.45) is 5.84 Å². The molecule has 116 valence electrons. The van der Waals surface area contributed by atoms with Crippen LogP contribution in [0.15, 0.2) is 18.3 Å². The van der Waals surface area contributed by atoms with E-state index in [4.69, 9.17) is 10.6 Å². The molecule has 1 unspecified atom stereocenters. The maximum Gasteiger partial charge on any atom is 0.270 e. The first-order valence-corrected chi connectivity index (χ1v) is 7.50. The molecule has 0 aliphatic carbocycles. The van der Waals surface area contributed by atoms with Crippen molar-refractivity contribution < 1.29 is 9.53 Å². The summed E-state index contributed by atoms with van der Waals surface area (Å²) in [6.45, 7) is 4.95. The lowest BCUT2D eigenvalue weighted by Crippen LogP contribution is -2.48. The molecule has 6 heteroatoms. The second-order valence-electron chi connectivity index (χ2n) is 5.48. The van der Waals surface area contributed by atoms with Gasteiger partial charge in [0.1, 0.15) is 5.69 Å². The fraction of sp³-hybridized carbons (Fsp3) is 0.600. The zero-order chi connectivity index (χ0) is 15.3. The van der Waals surface area contributed by atoms with Gasteiger partial charge in [-0.3, -0.25) is 15.6 Å². The number of amides is 1. The molecule has 4 N–H and O–H groups in total. The summed E-state index contributed by atoms with van der Waals surface area (Å²) in [5.74, 6) is 5.18. The van der Waals surface area contributed by atoms with Gasteiger partial charge in [-0.2, -0.15) is 0 Å². The Kier molecular flexibility index (Phi) is 5.14. The fourth-order valence-electron chi connectivity index (χ4n) is 2.80. The van der Waals surface area contributed by atoms with E-state index in [1.54, 1.807) is 18.3 Å². The standard InChI is InChI=1S/C15H24N4O2/c1-3-15(4-2)10-12(6-8-21-15)18-14(20)13-9-11(19-16)5-7-17-13/h5,7,9,12H,3-4,6,8,10,16H2,1-2H3,(H,17,19)(H,18,20). The van der Waals surface area contributed by atoms with E-state index in [0.29, 0.717) is 18.0 Å². The first kappa shape index (κ1) is 15.7. The third-order valence-electron chi connectivity index (χ3n) is 4.28. The molecule has 0 radical (unpaired) electrons. The van der Waals surface area contributed by atoms with Gasteiger partial charge in [0, 0.05) is 18.8 Å². The number of hydrazine groups is 1. The quantitative estimate of drug-likeness (QED) is 0.569. The van der Waals surface area contributed by atoms with Crippen LogP contribution in [0.5, 0.6) is 0 Å². The molecule has 1 fully saturated rings. The number of nitrogens with one attached hydrogen (secondary N) is 2. The van der Waals surface area contributed by atoms with Crippen molar-refractivity contribution in [1.82, 2.24) is 10.3 Å². The van der Waals surface area contributed by atoms with Crippen LogP contribution in [0.25, 0.3) is 0 Å². The van der Waals surface area contributed by atoms with Crippen LogP contribution in [0.4, 0.5) is 5.69 Å². The second kappa shape index (κ2) is 6.87. The number of rotatable bonds is 5. The van der Waals surface area contributed by atoms with Crippen LogP contribution in [-0.2, 0) is 4.74 Å². The smallest absolute Gasteiger partial charge is 0.270 e. The SMILES string of the molecule is CCC1(CC)CC(NC(=O)c2cc(NN)ccn2)CCO1. The van der Waals surface area contributed by atoms with E-state index in [9.17, 15) is 4.79 Å². The Morgan fingerprint density at radius 2 is 2.29 bits per heavy atom. The minimum atomic E-state index is -0.167. The van der Waals surface area contributed by atoms with Gasteiger partial charge in [-0.1, -0.05) is 13.8 Å². The molecular formula is C15H24N4O2. The molecule has 1 aromatic rings.